The average Bonchev–Trinajstić information content (AvgIpc) is 2.82. The molecule has 6 heteroatoms. The van der Waals surface area contributed by atoms with Crippen LogP contribution in [-0.4, -0.2) is 41.3 Å². The maximum Gasteiger partial charge on any atom is 0.277 e. The lowest BCUT2D eigenvalue weighted by Crippen LogP contribution is -2.61. The lowest BCUT2D eigenvalue weighted by Gasteiger charge is -2.31. The summed E-state index contributed by atoms with van der Waals surface area (Å²) < 4.78 is 0. The number of amides is 1. The van der Waals surface area contributed by atoms with Crippen molar-refractivity contribution in [2.45, 2.75) is 39.0 Å². The Bertz CT molecular complexity index is 969. The van der Waals surface area contributed by atoms with Gasteiger partial charge in [0.05, 0.1) is 17.5 Å². The minimum atomic E-state index is -2.13. The van der Waals surface area contributed by atoms with Crippen molar-refractivity contribution in [3.8, 4) is 0 Å². The predicted octanol–water partition coefficient (Wildman–Crippen LogP) is 2.77. The molecular formula is C24H29N3O3. The summed E-state index contributed by atoms with van der Waals surface area (Å²) in [6.07, 6.45) is -0.533. The smallest absolute Gasteiger partial charge is 0.277 e. The normalized spacial score (nSPS) is 21.0. The van der Waals surface area contributed by atoms with E-state index in [-0.39, 0.29) is 5.92 Å². The van der Waals surface area contributed by atoms with E-state index in [1.165, 1.54) is 4.90 Å². The summed E-state index contributed by atoms with van der Waals surface area (Å²) in [7, 11) is 1.60. The van der Waals surface area contributed by atoms with Gasteiger partial charge in [-0.1, -0.05) is 62.4 Å². The number of hydrogen-bond acceptors (Lipinski definition) is 5. The van der Waals surface area contributed by atoms with Crippen LogP contribution in [0.3, 0.4) is 0 Å². The van der Waals surface area contributed by atoms with Gasteiger partial charge in [0.2, 0.25) is 5.66 Å². The van der Waals surface area contributed by atoms with Crippen molar-refractivity contribution in [2.24, 2.45) is 22.6 Å². The number of para-hydroxylation sites is 1. The number of aliphatic imine (C=N–C) groups is 1. The summed E-state index contributed by atoms with van der Waals surface area (Å²) in [6.45, 7) is 5.47. The quantitative estimate of drug-likeness (QED) is 0.720. The molecule has 158 valence electrons. The highest BCUT2D eigenvalue weighted by Gasteiger charge is 2.50. The first-order valence-electron chi connectivity index (χ1n) is 10.2. The molecule has 0 saturated heterocycles. The van der Waals surface area contributed by atoms with Crippen molar-refractivity contribution in [3.05, 3.63) is 65.7 Å². The first-order chi connectivity index (χ1) is 14.2. The Balaban J connectivity index is 2.23. The fourth-order valence-corrected chi connectivity index (χ4v) is 3.91. The zero-order chi connectivity index (χ0) is 22.1. The largest absolute Gasteiger partial charge is 0.393 e. The number of rotatable bonds is 6. The third-order valence-corrected chi connectivity index (χ3v) is 5.51. The summed E-state index contributed by atoms with van der Waals surface area (Å²) in [6, 6.07) is 16.7. The van der Waals surface area contributed by atoms with Crippen molar-refractivity contribution in [1.29, 1.82) is 0 Å². The second-order valence-corrected chi connectivity index (χ2v) is 8.32. The number of benzodiazepines with no additional fused rings is 1. The fourth-order valence-electron chi connectivity index (χ4n) is 3.91. The van der Waals surface area contributed by atoms with Crippen LogP contribution in [0.4, 0.5) is 5.69 Å². The van der Waals surface area contributed by atoms with Gasteiger partial charge >= 0.3 is 0 Å². The second kappa shape index (κ2) is 8.50. The highest BCUT2D eigenvalue weighted by atomic mass is 16.3. The van der Waals surface area contributed by atoms with Gasteiger partial charge in [0.25, 0.3) is 5.91 Å². The lowest BCUT2D eigenvalue weighted by atomic mass is 9.83. The monoisotopic (exact) mass is 407 g/mol. The minimum Gasteiger partial charge on any atom is -0.393 e. The topological polar surface area (TPSA) is 96.0 Å². The number of Topliss-reactive ketones (excluding diaryl/α,β-unsaturated/α-hetero) is 1. The van der Waals surface area contributed by atoms with E-state index in [2.05, 4.69) is 4.99 Å². The number of fused-ring (bicyclic) bond motifs is 1. The first kappa shape index (κ1) is 21.9. The van der Waals surface area contributed by atoms with Gasteiger partial charge in [0.15, 0.2) is 5.78 Å². The molecule has 0 aliphatic carbocycles. The molecule has 1 heterocycles. The van der Waals surface area contributed by atoms with Gasteiger partial charge in [0.1, 0.15) is 0 Å². The predicted molar refractivity (Wildman–Crippen MR) is 118 cm³/mol. The summed E-state index contributed by atoms with van der Waals surface area (Å²) in [4.78, 5) is 33.0. The van der Waals surface area contributed by atoms with Gasteiger partial charge in [-0.25, -0.2) is 4.99 Å². The number of aliphatic hydroxyl groups excluding tert-OH is 1. The molecule has 3 N–H and O–H groups in total. The SMILES string of the molecule is CC(C)C[C@@H](C(=O)C1(N)N=C(c2ccccc2)c2ccccc2N(C)C1=O)[C@H](C)O. The minimum absolute atomic E-state index is 0.144. The molecule has 0 radical (unpaired) electrons. The Morgan fingerprint density at radius 3 is 2.30 bits per heavy atom. The molecule has 1 unspecified atom stereocenters. The summed E-state index contributed by atoms with van der Waals surface area (Å²) in [5, 5.41) is 10.3. The van der Waals surface area contributed by atoms with Crippen molar-refractivity contribution in [1.82, 2.24) is 0 Å². The van der Waals surface area contributed by atoms with E-state index in [4.69, 9.17) is 5.73 Å². The van der Waals surface area contributed by atoms with Crippen LogP contribution in [-0.2, 0) is 9.59 Å². The van der Waals surface area contributed by atoms with Gasteiger partial charge in [-0.15, -0.1) is 0 Å². The van der Waals surface area contributed by atoms with E-state index in [0.29, 0.717) is 17.8 Å². The number of carbonyl (C=O) groups excluding carboxylic acids is 2. The van der Waals surface area contributed by atoms with Gasteiger partial charge in [-0.3, -0.25) is 15.3 Å². The summed E-state index contributed by atoms with van der Waals surface area (Å²) in [5.74, 6) is -1.83. The number of nitrogens with zero attached hydrogens (tertiary/aromatic N) is 2. The number of aliphatic hydroxyl groups is 1. The van der Waals surface area contributed by atoms with Gasteiger partial charge in [0, 0.05) is 24.1 Å². The molecule has 0 bridgehead atoms. The number of carbonyl (C=O) groups is 2. The Morgan fingerprint density at radius 1 is 1.10 bits per heavy atom. The standard InChI is InChI=1S/C24H29N3O3/c1-15(2)14-19(16(3)28)22(29)24(25)23(30)27(4)20-13-9-8-12-18(20)21(26-24)17-10-6-5-7-11-17/h5-13,15-16,19,28H,14,25H2,1-4H3/t16-,19+,24?/m0/s1. The molecule has 1 aliphatic rings. The third-order valence-electron chi connectivity index (χ3n) is 5.51. The molecule has 2 aromatic rings. The van der Waals surface area contributed by atoms with Gasteiger partial charge in [-0.05, 0) is 25.3 Å². The van der Waals surface area contributed by atoms with Crippen LogP contribution >= 0.6 is 0 Å². The van der Waals surface area contributed by atoms with Crippen LogP contribution in [0, 0.1) is 11.8 Å². The number of nitrogens with two attached hydrogens (primary N) is 1. The third kappa shape index (κ3) is 3.93. The van der Waals surface area contributed by atoms with Crippen LogP contribution < -0.4 is 10.6 Å². The molecule has 2 aromatic carbocycles. The highest BCUT2D eigenvalue weighted by Crippen LogP contribution is 2.32. The zero-order valence-electron chi connectivity index (χ0n) is 17.9. The Labute approximate surface area is 177 Å². The molecule has 0 saturated carbocycles. The van der Waals surface area contributed by atoms with Crippen molar-refractivity contribution in [2.75, 3.05) is 11.9 Å². The molecule has 1 amide bonds. The van der Waals surface area contributed by atoms with Crippen molar-refractivity contribution < 1.29 is 14.7 Å². The average molecular weight is 408 g/mol. The zero-order valence-corrected chi connectivity index (χ0v) is 17.9. The van der Waals surface area contributed by atoms with Gasteiger partial charge < -0.3 is 10.0 Å². The van der Waals surface area contributed by atoms with Gasteiger partial charge in [-0.2, -0.15) is 0 Å². The van der Waals surface area contributed by atoms with Crippen LogP contribution in [0.25, 0.3) is 0 Å². The Morgan fingerprint density at radius 2 is 1.70 bits per heavy atom. The molecule has 1 aliphatic heterocycles. The molecule has 0 aromatic heterocycles. The first-order valence-corrected chi connectivity index (χ1v) is 10.2. The summed E-state index contributed by atoms with van der Waals surface area (Å²) >= 11 is 0. The number of benzene rings is 2. The fraction of sp³-hybridized carbons (Fsp3) is 0.375. The second-order valence-electron chi connectivity index (χ2n) is 8.32. The number of likely N-dealkylation sites (N-methyl/N-ethyl adjacent to an activating group) is 1. The van der Waals surface area contributed by atoms with E-state index in [1.807, 2.05) is 68.4 Å². The molecule has 3 rings (SSSR count). The van der Waals surface area contributed by atoms with E-state index in [0.717, 1.165) is 11.1 Å². The summed E-state index contributed by atoms with van der Waals surface area (Å²) in [5.41, 5.74) is 6.97. The van der Waals surface area contributed by atoms with E-state index in [1.54, 1.807) is 14.0 Å². The maximum atomic E-state index is 13.6. The van der Waals surface area contributed by atoms with Crippen molar-refractivity contribution in [3.63, 3.8) is 0 Å². The molecule has 0 spiro atoms. The van der Waals surface area contributed by atoms with Crippen molar-refractivity contribution >= 4 is 23.1 Å². The Kier molecular flexibility index (Phi) is 6.19. The molecule has 30 heavy (non-hydrogen) atoms. The van der Waals surface area contributed by atoms with E-state index in [9.17, 15) is 14.7 Å². The molecular weight excluding hydrogens is 378 g/mol. The number of ketones is 1. The van der Waals surface area contributed by atoms with E-state index < -0.39 is 29.4 Å². The van der Waals surface area contributed by atoms with Crippen LogP contribution in [0.1, 0.15) is 38.3 Å². The molecule has 0 fully saturated rings. The highest BCUT2D eigenvalue weighted by molar-refractivity contribution is 6.26. The van der Waals surface area contributed by atoms with Crippen LogP contribution in [0.15, 0.2) is 59.6 Å². The van der Waals surface area contributed by atoms with Crippen LogP contribution in [0.2, 0.25) is 0 Å². The van der Waals surface area contributed by atoms with Crippen LogP contribution in [0.5, 0.6) is 0 Å². The maximum absolute atomic E-state index is 13.6. The Hall–Kier alpha value is -2.83. The molecule has 6 nitrogen and oxygen atoms in total. The molecule has 3 atom stereocenters. The number of anilines is 1. The lowest BCUT2D eigenvalue weighted by molar-refractivity contribution is -0.139. The van der Waals surface area contributed by atoms with E-state index >= 15 is 0 Å². The number of hydrogen-bond donors (Lipinski definition) is 2.